The van der Waals surface area contributed by atoms with Gasteiger partial charge in [-0.05, 0) is 45.1 Å². The summed E-state index contributed by atoms with van der Waals surface area (Å²) in [6.45, 7) is 3.41. The molecule has 41 heavy (non-hydrogen) atoms. The lowest BCUT2D eigenvalue weighted by molar-refractivity contribution is -0.258. The van der Waals surface area contributed by atoms with E-state index in [-0.39, 0.29) is 58.7 Å². The number of phenols is 2. The fraction of sp³-hybridized carbons (Fsp3) is 0.500. The molecule has 0 amide bonds. The fourth-order valence-electron chi connectivity index (χ4n) is 6.50. The molecule has 2 aromatic rings. The van der Waals surface area contributed by atoms with Gasteiger partial charge in [-0.3, -0.25) is 14.4 Å². The molecule has 0 saturated carbocycles. The summed E-state index contributed by atoms with van der Waals surface area (Å²) in [5, 5.41) is 44.5. The van der Waals surface area contributed by atoms with Crippen LogP contribution < -0.4 is 0 Å². The largest absolute Gasteiger partial charge is 0.507 e. The fourth-order valence-corrected chi connectivity index (χ4v) is 6.50. The predicted octanol–water partition coefficient (Wildman–Crippen LogP) is 2.16. The number of esters is 1. The Balaban J connectivity index is 1.69. The maximum Gasteiger partial charge on any atom is 0.316 e. The molecule has 0 bridgehead atoms. The summed E-state index contributed by atoms with van der Waals surface area (Å²) >= 11 is 0. The molecule has 220 valence electrons. The molecule has 0 spiro atoms. The van der Waals surface area contributed by atoms with Gasteiger partial charge in [-0.1, -0.05) is 19.1 Å². The third-order valence-corrected chi connectivity index (χ3v) is 8.77. The van der Waals surface area contributed by atoms with Crippen molar-refractivity contribution in [1.29, 1.82) is 0 Å². The Morgan fingerprint density at radius 3 is 2.49 bits per heavy atom. The van der Waals surface area contributed by atoms with Crippen LogP contribution in [0.5, 0.6) is 11.5 Å². The number of methoxy groups -OCH3 is 1. The zero-order chi connectivity index (χ0) is 30.0. The molecule has 3 aliphatic rings. The third kappa shape index (κ3) is 4.52. The smallest absolute Gasteiger partial charge is 0.316 e. The van der Waals surface area contributed by atoms with E-state index in [4.69, 9.17) is 14.2 Å². The number of ketones is 2. The summed E-state index contributed by atoms with van der Waals surface area (Å²) in [5.74, 6) is -4.42. The second-order valence-corrected chi connectivity index (χ2v) is 11.3. The van der Waals surface area contributed by atoms with Crippen molar-refractivity contribution in [2.75, 3.05) is 21.2 Å². The van der Waals surface area contributed by atoms with Crippen LogP contribution in [0.25, 0.3) is 0 Å². The van der Waals surface area contributed by atoms with Crippen LogP contribution >= 0.6 is 0 Å². The molecule has 1 saturated heterocycles. The number of rotatable bonds is 5. The summed E-state index contributed by atoms with van der Waals surface area (Å²) < 4.78 is 17.3. The number of nitrogens with zero attached hydrogens (tertiary/aromatic N) is 1. The number of aliphatic hydroxyl groups excluding tert-OH is 1. The zero-order valence-electron chi connectivity index (χ0n) is 23.6. The highest BCUT2D eigenvalue weighted by atomic mass is 16.7. The standard InChI is InChI=1S/C30H35NO10/c1-6-30(38)12-19(41-20-11-17(31(3)4)25(33)13(2)40-20)22-15(24(30)29(37)39-5)10-16-23(28(22)36)27(35)21-14(26(16)34)8-7-9-18(21)32/h7-10,13,17,19-20,24-25,32-33,36,38H,6,11-12H2,1-5H3/t13-,17-,19+,20+,24-,25-,30-/m1/s1. The van der Waals surface area contributed by atoms with Crippen molar-refractivity contribution in [1.82, 2.24) is 4.90 Å². The van der Waals surface area contributed by atoms with Gasteiger partial charge in [-0.2, -0.15) is 0 Å². The number of benzene rings is 2. The van der Waals surface area contributed by atoms with Gasteiger partial charge in [0.15, 0.2) is 12.1 Å². The van der Waals surface area contributed by atoms with E-state index in [1.807, 2.05) is 19.0 Å². The number of aromatic hydroxyl groups is 2. The van der Waals surface area contributed by atoms with E-state index in [0.717, 1.165) is 0 Å². The van der Waals surface area contributed by atoms with E-state index < -0.39 is 65.2 Å². The number of phenolic OH excluding ortho intramolecular Hbond substituents is 2. The summed E-state index contributed by atoms with van der Waals surface area (Å²) in [5.41, 5.74) is -2.27. The molecule has 0 unspecified atom stereocenters. The van der Waals surface area contributed by atoms with Crippen molar-refractivity contribution in [2.45, 2.75) is 75.3 Å². The van der Waals surface area contributed by atoms with E-state index in [1.165, 1.54) is 31.4 Å². The molecular formula is C30H35NO10. The molecule has 2 aromatic carbocycles. The topological polar surface area (TPSA) is 163 Å². The minimum Gasteiger partial charge on any atom is -0.507 e. The van der Waals surface area contributed by atoms with Gasteiger partial charge in [0.25, 0.3) is 0 Å². The summed E-state index contributed by atoms with van der Waals surface area (Å²) in [4.78, 5) is 42.1. The molecular weight excluding hydrogens is 534 g/mol. The molecule has 11 nitrogen and oxygen atoms in total. The molecule has 0 radical (unpaired) electrons. The van der Waals surface area contributed by atoms with Crippen LogP contribution in [-0.4, -0.2) is 94.2 Å². The van der Waals surface area contributed by atoms with Crippen molar-refractivity contribution in [3.63, 3.8) is 0 Å². The monoisotopic (exact) mass is 569 g/mol. The molecule has 5 rings (SSSR count). The van der Waals surface area contributed by atoms with Gasteiger partial charge >= 0.3 is 5.97 Å². The van der Waals surface area contributed by atoms with E-state index in [9.17, 15) is 34.8 Å². The van der Waals surface area contributed by atoms with Crippen LogP contribution in [0.4, 0.5) is 0 Å². The van der Waals surface area contributed by atoms with Crippen molar-refractivity contribution >= 4 is 17.5 Å². The molecule has 1 aliphatic heterocycles. The molecule has 7 atom stereocenters. The Bertz CT molecular complexity index is 1420. The first kappa shape index (κ1) is 29.2. The van der Waals surface area contributed by atoms with Gasteiger partial charge in [-0.25, -0.2) is 0 Å². The van der Waals surface area contributed by atoms with E-state index in [2.05, 4.69) is 0 Å². The second-order valence-electron chi connectivity index (χ2n) is 11.3. The predicted molar refractivity (Wildman–Crippen MR) is 144 cm³/mol. The van der Waals surface area contributed by atoms with Crippen molar-refractivity contribution < 1.29 is 49.0 Å². The molecule has 1 fully saturated rings. The third-order valence-electron chi connectivity index (χ3n) is 8.77. The van der Waals surface area contributed by atoms with Crippen LogP contribution in [-0.2, 0) is 19.0 Å². The lowest BCUT2D eigenvalue weighted by Crippen LogP contribution is -2.54. The number of aliphatic hydroxyl groups is 2. The van der Waals surface area contributed by atoms with Crippen molar-refractivity contribution in [3.05, 3.63) is 57.6 Å². The van der Waals surface area contributed by atoms with Gasteiger partial charge in [-0.15, -0.1) is 0 Å². The number of carbonyl (C=O) groups is 3. The van der Waals surface area contributed by atoms with Gasteiger partial charge < -0.3 is 39.5 Å². The first-order valence-corrected chi connectivity index (χ1v) is 13.6. The Hall–Kier alpha value is -3.35. The summed E-state index contributed by atoms with van der Waals surface area (Å²) in [6.07, 6.45) is -3.09. The molecule has 2 aliphatic carbocycles. The first-order valence-electron chi connectivity index (χ1n) is 13.6. The molecule has 11 heteroatoms. The Morgan fingerprint density at radius 1 is 1.15 bits per heavy atom. The normalized spacial score (nSPS) is 30.9. The Labute approximate surface area is 237 Å². The van der Waals surface area contributed by atoms with Crippen molar-refractivity contribution in [2.24, 2.45) is 0 Å². The Kier molecular flexibility index (Phi) is 7.46. The van der Waals surface area contributed by atoms with Crippen LogP contribution in [0.2, 0.25) is 0 Å². The number of hydrogen-bond donors (Lipinski definition) is 4. The highest BCUT2D eigenvalue weighted by Crippen LogP contribution is 2.54. The summed E-state index contributed by atoms with van der Waals surface area (Å²) in [7, 11) is 4.82. The van der Waals surface area contributed by atoms with Gasteiger partial charge in [0.2, 0.25) is 5.78 Å². The Morgan fingerprint density at radius 2 is 1.85 bits per heavy atom. The van der Waals surface area contributed by atoms with E-state index in [1.54, 1.807) is 13.8 Å². The number of carbonyl (C=O) groups excluding carboxylic acids is 3. The number of ether oxygens (including phenoxy) is 3. The minimum atomic E-state index is -1.69. The average Bonchev–Trinajstić information content (AvgIpc) is 2.92. The highest BCUT2D eigenvalue weighted by molar-refractivity contribution is 6.30. The number of fused-ring (bicyclic) bond motifs is 3. The van der Waals surface area contributed by atoms with Crippen LogP contribution in [0.1, 0.15) is 88.1 Å². The highest BCUT2D eigenvalue weighted by Gasteiger charge is 2.53. The molecule has 1 heterocycles. The van der Waals surface area contributed by atoms with Crippen LogP contribution in [0.3, 0.4) is 0 Å². The minimum absolute atomic E-state index is 0.0382. The zero-order valence-corrected chi connectivity index (χ0v) is 23.6. The quantitative estimate of drug-likeness (QED) is 0.333. The maximum atomic E-state index is 13.6. The maximum absolute atomic E-state index is 13.6. The second kappa shape index (κ2) is 10.5. The SMILES string of the molecule is CC[C@@]1(O)C[C@H](O[C@H]2C[C@@H](N(C)C)[C@H](O)[C@@H](C)O2)c2c(cc3c(c2O)C(=O)c2c(O)cccc2C3=O)[C@@H]1C(=O)OC. The average molecular weight is 570 g/mol. The van der Waals surface area contributed by atoms with Gasteiger partial charge in [0, 0.05) is 35.6 Å². The van der Waals surface area contributed by atoms with E-state index in [0.29, 0.717) is 0 Å². The lowest BCUT2D eigenvalue weighted by Gasteiger charge is -2.46. The number of hydrogen-bond acceptors (Lipinski definition) is 11. The lowest BCUT2D eigenvalue weighted by atomic mass is 9.67. The summed E-state index contributed by atoms with van der Waals surface area (Å²) in [6, 6.07) is 5.14. The van der Waals surface area contributed by atoms with Crippen LogP contribution in [0.15, 0.2) is 24.3 Å². The van der Waals surface area contributed by atoms with Crippen LogP contribution in [0, 0.1) is 0 Å². The molecule has 0 aromatic heterocycles. The first-order chi connectivity index (χ1) is 19.3. The van der Waals surface area contributed by atoms with Crippen molar-refractivity contribution in [3.8, 4) is 11.5 Å². The number of likely N-dealkylation sites (N-methyl/N-ethyl adjacent to an activating group) is 1. The molecule has 4 N–H and O–H groups in total. The van der Waals surface area contributed by atoms with Gasteiger partial charge in [0.1, 0.15) is 17.4 Å². The van der Waals surface area contributed by atoms with Gasteiger partial charge in [0.05, 0.1) is 42.1 Å². The van der Waals surface area contributed by atoms with E-state index >= 15 is 0 Å².